The van der Waals surface area contributed by atoms with E-state index in [1.54, 1.807) is 0 Å². The van der Waals surface area contributed by atoms with E-state index in [4.69, 9.17) is 16.3 Å². The third-order valence-corrected chi connectivity index (χ3v) is 5.84. The molecular weight excluding hydrogens is 392 g/mol. The zero-order valence-corrected chi connectivity index (χ0v) is 18.5. The molecule has 0 saturated carbocycles. The average molecular weight is 421 g/mol. The van der Waals surface area contributed by atoms with Crippen molar-refractivity contribution < 1.29 is 4.74 Å². The maximum Gasteiger partial charge on any atom is 0.119 e. The van der Waals surface area contributed by atoms with Crippen molar-refractivity contribution in [2.24, 2.45) is 0 Å². The largest absolute Gasteiger partial charge is 0.494 e. The fraction of sp³-hybridized carbons (Fsp3) is 0.308. The average Bonchev–Trinajstić information content (AvgIpc) is 3.11. The molecule has 0 aromatic heterocycles. The maximum atomic E-state index is 6.36. The van der Waals surface area contributed by atoms with Gasteiger partial charge in [0.05, 0.1) is 12.8 Å². The normalized spacial score (nSPS) is 17.4. The molecule has 3 aromatic carbocycles. The molecule has 0 spiro atoms. The smallest absolute Gasteiger partial charge is 0.119 e. The summed E-state index contributed by atoms with van der Waals surface area (Å²) in [7, 11) is 0. The Bertz CT molecular complexity index is 973. The molecule has 0 bridgehead atoms. The predicted molar refractivity (Wildman–Crippen MR) is 124 cm³/mol. The lowest BCUT2D eigenvalue weighted by molar-refractivity contribution is 0.126. The summed E-state index contributed by atoms with van der Waals surface area (Å²) in [5.74, 6) is 0.926. The summed E-state index contributed by atoms with van der Waals surface area (Å²) in [5, 5.41) is 0.788. The Labute approximate surface area is 184 Å². The number of rotatable bonds is 7. The molecule has 1 saturated heterocycles. The second-order valence-corrected chi connectivity index (χ2v) is 8.37. The molecule has 0 radical (unpaired) electrons. The zero-order chi connectivity index (χ0) is 20.9. The topological polar surface area (TPSA) is 15.7 Å². The minimum absolute atomic E-state index is 0.204. The molecule has 4 heteroatoms. The number of ether oxygens (including phenoxy) is 1. The molecule has 156 valence electrons. The van der Waals surface area contributed by atoms with Gasteiger partial charge in [-0.25, -0.2) is 0 Å². The van der Waals surface area contributed by atoms with Gasteiger partial charge in [-0.1, -0.05) is 65.7 Å². The summed E-state index contributed by atoms with van der Waals surface area (Å²) in [4.78, 5) is 5.09. The van der Waals surface area contributed by atoms with Crippen molar-refractivity contribution in [1.29, 1.82) is 0 Å². The fourth-order valence-electron chi connectivity index (χ4n) is 4.29. The second kappa shape index (κ2) is 9.65. The molecule has 0 aliphatic carbocycles. The van der Waals surface area contributed by atoms with Crippen LogP contribution in [0.1, 0.15) is 35.3 Å². The van der Waals surface area contributed by atoms with Crippen LogP contribution in [0.15, 0.2) is 72.8 Å². The van der Waals surface area contributed by atoms with E-state index in [1.807, 2.05) is 13.0 Å². The van der Waals surface area contributed by atoms with Crippen molar-refractivity contribution in [2.75, 3.05) is 19.7 Å². The van der Waals surface area contributed by atoms with Gasteiger partial charge in [0.25, 0.3) is 0 Å². The Balaban J connectivity index is 1.57. The van der Waals surface area contributed by atoms with Crippen LogP contribution in [0, 0.1) is 6.92 Å². The lowest BCUT2D eigenvalue weighted by Crippen LogP contribution is -2.30. The molecule has 1 aliphatic rings. The highest BCUT2D eigenvalue weighted by molar-refractivity contribution is 6.30. The van der Waals surface area contributed by atoms with Crippen LogP contribution >= 0.6 is 11.6 Å². The molecule has 1 heterocycles. The fourth-order valence-corrected chi connectivity index (χ4v) is 4.49. The van der Waals surface area contributed by atoms with Crippen LogP contribution in [0.4, 0.5) is 0 Å². The van der Waals surface area contributed by atoms with Crippen molar-refractivity contribution in [2.45, 2.75) is 33.1 Å². The highest BCUT2D eigenvalue weighted by atomic mass is 35.5. The SMILES string of the molecule is CCOc1ccc(CN2CCN(Cc3cccc(C)c3)C2c2cccc(Cl)c2)cc1. The Morgan fingerprint density at radius 1 is 0.867 bits per heavy atom. The number of hydrogen-bond acceptors (Lipinski definition) is 3. The second-order valence-electron chi connectivity index (χ2n) is 7.94. The number of aryl methyl sites for hydroxylation is 1. The van der Waals surface area contributed by atoms with Crippen molar-refractivity contribution in [3.8, 4) is 5.75 Å². The van der Waals surface area contributed by atoms with E-state index in [9.17, 15) is 0 Å². The molecule has 3 aromatic rings. The van der Waals surface area contributed by atoms with Gasteiger partial charge in [-0.3, -0.25) is 9.80 Å². The Morgan fingerprint density at radius 2 is 1.57 bits per heavy atom. The molecule has 0 N–H and O–H groups in total. The molecule has 1 atom stereocenters. The third kappa shape index (κ3) is 5.04. The summed E-state index contributed by atoms with van der Waals surface area (Å²) >= 11 is 6.36. The van der Waals surface area contributed by atoms with E-state index in [-0.39, 0.29) is 6.17 Å². The van der Waals surface area contributed by atoms with E-state index >= 15 is 0 Å². The van der Waals surface area contributed by atoms with Crippen LogP contribution in [0.25, 0.3) is 0 Å². The van der Waals surface area contributed by atoms with Gasteiger partial charge in [-0.05, 0) is 54.8 Å². The summed E-state index contributed by atoms with van der Waals surface area (Å²) in [6.07, 6.45) is 0.204. The van der Waals surface area contributed by atoms with E-state index in [0.717, 1.165) is 37.0 Å². The minimum Gasteiger partial charge on any atom is -0.494 e. The highest BCUT2D eigenvalue weighted by Gasteiger charge is 2.33. The first kappa shape index (κ1) is 20.9. The predicted octanol–water partition coefficient (Wildman–Crippen LogP) is 6.06. The zero-order valence-electron chi connectivity index (χ0n) is 17.7. The van der Waals surface area contributed by atoms with Crippen LogP contribution in [0.2, 0.25) is 5.02 Å². The molecule has 3 nitrogen and oxygen atoms in total. The van der Waals surface area contributed by atoms with Gasteiger partial charge in [0.1, 0.15) is 5.75 Å². The van der Waals surface area contributed by atoms with E-state index in [1.165, 1.54) is 22.3 Å². The van der Waals surface area contributed by atoms with Crippen LogP contribution in [0.5, 0.6) is 5.75 Å². The van der Waals surface area contributed by atoms with Gasteiger partial charge >= 0.3 is 0 Å². The summed E-state index contributed by atoms with van der Waals surface area (Å²) in [6, 6.07) is 25.6. The number of hydrogen-bond donors (Lipinski definition) is 0. The highest BCUT2D eigenvalue weighted by Crippen LogP contribution is 2.34. The van der Waals surface area contributed by atoms with Gasteiger partial charge in [-0.15, -0.1) is 0 Å². The van der Waals surface area contributed by atoms with Crippen molar-refractivity contribution in [3.63, 3.8) is 0 Å². The first-order valence-electron chi connectivity index (χ1n) is 10.6. The summed E-state index contributed by atoms with van der Waals surface area (Å²) < 4.78 is 5.59. The van der Waals surface area contributed by atoms with Gasteiger partial charge in [0.2, 0.25) is 0 Å². The van der Waals surface area contributed by atoms with Crippen LogP contribution in [-0.2, 0) is 13.1 Å². The summed E-state index contributed by atoms with van der Waals surface area (Å²) in [6.45, 7) is 8.73. The Kier molecular flexibility index (Phi) is 6.73. The molecular formula is C26H29ClN2O. The quantitative estimate of drug-likeness (QED) is 0.461. The van der Waals surface area contributed by atoms with Crippen molar-refractivity contribution >= 4 is 11.6 Å². The maximum absolute atomic E-state index is 6.36. The van der Waals surface area contributed by atoms with E-state index < -0.39 is 0 Å². The number of benzene rings is 3. The molecule has 1 fully saturated rings. The third-order valence-electron chi connectivity index (χ3n) is 5.60. The van der Waals surface area contributed by atoms with Crippen molar-refractivity contribution in [3.05, 3.63) is 100 Å². The number of halogens is 1. The summed E-state index contributed by atoms with van der Waals surface area (Å²) in [5.41, 5.74) is 5.20. The number of nitrogens with zero attached hydrogens (tertiary/aromatic N) is 2. The first-order chi connectivity index (χ1) is 14.6. The molecule has 0 amide bonds. The molecule has 1 aliphatic heterocycles. The Hall–Kier alpha value is -2.33. The van der Waals surface area contributed by atoms with Crippen LogP contribution < -0.4 is 4.74 Å². The minimum atomic E-state index is 0.204. The lowest BCUT2D eigenvalue weighted by Gasteiger charge is -2.31. The van der Waals surface area contributed by atoms with E-state index in [0.29, 0.717) is 6.61 Å². The van der Waals surface area contributed by atoms with Gasteiger partial charge in [0.15, 0.2) is 0 Å². The van der Waals surface area contributed by atoms with Gasteiger partial charge in [0, 0.05) is 31.2 Å². The van der Waals surface area contributed by atoms with Crippen LogP contribution in [0.3, 0.4) is 0 Å². The standard InChI is InChI=1S/C26H29ClN2O/c1-3-30-25-12-10-21(11-13-25)18-28-14-15-29(19-22-7-4-6-20(2)16-22)26(28)23-8-5-9-24(27)17-23/h4-13,16-17,26H,3,14-15,18-19H2,1-2H3. The molecule has 30 heavy (non-hydrogen) atoms. The van der Waals surface area contributed by atoms with Crippen LogP contribution in [-0.4, -0.2) is 29.5 Å². The van der Waals surface area contributed by atoms with Gasteiger partial charge in [-0.2, -0.15) is 0 Å². The Morgan fingerprint density at radius 3 is 2.23 bits per heavy atom. The molecule has 4 rings (SSSR count). The molecule has 1 unspecified atom stereocenters. The van der Waals surface area contributed by atoms with E-state index in [2.05, 4.69) is 83.5 Å². The first-order valence-corrected chi connectivity index (χ1v) is 11.0. The monoisotopic (exact) mass is 420 g/mol. The lowest BCUT2D eigenvalue weighted by atomic mass is 10.1. The van der Waals surface area contributed by atoms with Gasteiger partial charge < -0.3 is 4.74 Å². The van der Waals surface area contributed by atoms with Crippen molar-refractivity contribution in [1.82, 2.24) is 9.80 Å².